The van der Waals surface area contributed by atoms with Gasteiger partial charge in [-0.1, -0.05) is 0 Å². The van der Waals surface area contributed by atoms with Crippen molar-refractivity contribution in [2.45, 2.75) is 0 Å². The van der Waals surface area contributed by atoms with Crippen molar-refractivity contribution < 1.29 is 53.5 Å². The van der Waals surface area contributed by atoms with Gasteiger partial charge in [0.05, 0.1) is 0 Å². The molecule has 0 aliphatic heterocycles. The molecule has 0 aromatic rings. The van der Waals surface area contributed by atoms with Crippen molar-refractivity contribution in [3.63, 3.8) is 0 Å². The fourth-order valence-electron chi connectivity index (χ4n) is 0. The largest absolute Gasteiger partial charge is 2.00 e. The van der Waals surface area contributed by atoms with Crippen LogP contribution in [-0.2, 0) is 50.6 Å². The second-order valence-corrected chi connectivity index (χ2v) is 0. The predicted molar refractivity (Wildman–Crippen MR) is 17.9 cm³/mol. The maximum Gasteiger partial charge on any atom is 2.00 e. The van der Waals surface area contributed by atoms with Gasteiger partial charge in [0.2, 0.25) is 0 Å². The maximum absolute atomic E-state index is 0. The van der Waals surface area contributed by atoms with Crippen molar-refractivity contribution in [1.82, 2.24) is 0 Å². The molecule has 0 nitrogen and oxygen atoms in total. The summed E-state index contributed by atoms with van der Waals surface area (Å²) in [6.07, 6.45) is 0. The van der Waals surface area contributed by atoms with Crippen molar-refractivity contribution in [1.29, 1.82) is 0 Å². The van der Waals surface area contributed by atoms with Crippen LogP contribution in [0.15, 0.2) is 0 Å². The van der Waals surface area contributed by atoms with E-state index in [1.807, 2.05) is 0 Å². The van der Waals surface area contributed by atoms with Crippen LogP contribution in [0.5, 0.6) is 0 Å². The quantitative estimate of drug-likeness (QED) is 0.455. The van der Waals surface area contributed by atoms with E-state index < -0.39 is 0 Å². The Morgan fingerprint density at radius 3 is 1.20 bits per heavy atom. The summed E-state index contributed by atoms with van der Waals surface area (Å²) >= 11 is 0. The fourth-order valence-corrected chi connectivity index (χ4v) is 0. The minimum atomic E-state index is 0. The van der Waals surface area contributed by atoms with E-state index in [1.54, 1.807) is 0 Å². The summed E-state index contributed by atoms with van der Waals surface area (Å²) in [6.45, 7) is 0. The van der Waals surface area contributed by atoms with E-state index in [9.17, 15) is 0 Å². The van der Waals surface area contributed by atoms with Gasteiger partial charge in [0.1, 0.15) is 0 Å². The first-order valence-corrected chi connectivity index (χ1v) is 0. The van der Waals surface area contributed by atoms with Crippen LogP contribution in [0.3, 0.4) is 0 Å². The van der Waals surface area contributed by atoms with Crippen LogP contribution < -0.4 is 0 Å². The number of rotatable bonds is 0. The Labute approximate surface area is 92.7 Å². The molecule has 0 aromatic heterocycles. The smallest absolute Gasteiger partial charge is 1.00 e. The molecule has 1 radical (unpaired) electrons. The Hall–Kier alpha value is 2.83. The molecule has 0 aromatic carbocycles. The Balaban J connectivity index is 0. The Kier molecular flexibility index (Phi) is 264. The third kappa shape index (κ3) is 19.9. The summed E-state index contributed by atoms with van der Waals surface area (Å²) in [5.74, 6) is 0. The molecule has 5 heavy (non-hydrogen) atoms. The van der Waals surface area contributed by atoms with Gasteiger partial charge in [0.15, 0.2) is 17.4 Å². The first-order valence-electron chi connectivity index (χ1n) is 0. The van der Waals surface area contributed by atoms with Gasteiger partial charge in [-0.2, -0.15) is 0 Å². The van der Waals surface area contributed by atoms with Gasteiger partial charge in [-0.05, 0) is 0 Å². The zero-order chi connectivity index (χ0) is 0. The van der Waals surface area contributed by atoms with Gasteiger partial charge < -0.3 is 2.85 Å². The zero-order valence-corrected chi connectivity index (χ0v) is 6.13. The topological polar surface area (TPSA) is 0 Å². The monoisotopic (exact) mass is 233 g/mol. The zero-order valence-electron chi connectivity index (χ0n) is 3.68. The SMILES string of the molecule is [AlH3].[Cu].[Fe].[H-].[H-].[Mg+2].[Ni]. The third-order valence-electron chi connectivity index (χ3n) is 0. The molecule has 0 N–H and O–H groups in total. The van der Waals surface area contributed by atoms with Crippen LogP contribution in [0.4, 0.5) is 0 Å². The maximum atomic E-state index is 0. The van der Waals surface area contributed by atoms with Crippen molar-refractivity contribution in [2.75, 3.05) is 0 Å². The first kappa shape index (κ1) is 45.6. The van der Waals surface area contributed by atoms with E-state index in [0.29, 0.717) is 0 Å². The molecule has 0 unspecified atom stereocenters. The molecule has 0 aliphatic carbocycles. The van der Waals surface area contributed by atoms with Gasteiger partial charge in [-0.25, -0.2) is 0 Å². The van der Waals surface area contributed by atoms with Crippen LogP contribution in [0.25, 0.3) is 0 Å². The average Bonchev–Trinajstić information content (AvgIpc) is 0. The predicted octanol–water partition coefficient (Wildman–Crippen LogP) is -1.35. The summed E-state index contributed by atoms with van der Waals surface area (Å²) in [7, 11) is 0. The minimum Gasteiger partial charge on any atom is -1.00 e. The second kappa shape index (κ2) is 29.0. The summed E-state index contributed by atoms with van der Waals surface area (Å²) < 4.78 is 0. The molecule has 39 valence electrons. The molecule has 0 rings (SSSR count). The van der Waals surface area contributed by atoms with Crippen molar-refractivity contribution in [3.05, 3.63) is 0 Å². The van der Waals surface area contributed by atoms with Crippen LogP contribution >= 0.6 is 0 Å². The molecule has 0 atom stereocenters. The van der Waals surface area contributed by atoms with Gasteiger partial charge >= 0.3 is 23.1 Å². The normalized spacial score (nSPS) is 0. The van der Waals surface area contributed by atoms with Crippen molar-refractivity contribution in [3.8, 4) is 0 Å². The molecule has 0 saturated heterocycles. The molecule has 0 bridgehead atoms. The fraction of sp³-hybridized carbons (Fsp3) is 0. The Morgan fingerprint density at radius 1 is 1.20 bits per heavy atom. The molecule has 0 spiro atoms. The van der Waals surface area contributed by atoms with Crippen LogP contribution in [0.1, 0.15) is 2.85 Å². The molecule has 0 amide bonds. The van der Waals surface area contributed by atoms with Gasteiger partial charge in [0, 0.05) is 50.6 Å². The minimum absolute atomic E-state index is 0. The van der Waals surface area contributed by atoms with Gasteiger partial charge in [0.25, 0.3) is 0 Å². The molecular formula is H5AlCuFeMgNi. The Morgan fingerprint density at radius 2 is 1.20 bits per heavy atom. The van der Waals surface area contributed by atoms with E-state index in [1.165, 1.54) is 0 Å². The molecule has 0 aliphatic rings. The van der Waals surface area contributed by atoms with E-state index in [-0.39, 0.29) is 93.9 Å². The summed E-state index contributed by atoms with van der Waals surface area (Å²) in [5, 5.41) is 0. The van der Waals surface area contributed by atoms with E-state index >= 15 is 0 Å². The van der Waals surface area contributed by atoms with Crippen LogP contribution in [0, 0.1) is 0 Å². The van der Waals surface area contributed by atoms with Gasteiger partial charge in [-0.3, -0.25) is 0 Å². The summed E-state index contributed by atoms with van der Waals surface area (Å²) in [6, 6.07) is 0. The first-order chi connectivity index (χ1) is 0. The summed E-state index contributed by atoms with van der Waals surface area (Å²) in [4.78, 5) is 0. The Bertz CT molecular complexity index is 17.7. The standard InChI is InChI=1S/Al.Cu.Fe.Mg.Ni.5H/q;;;+2;;;;;2*-1. The third-order valence-corrected chi connectivity index (χ3v) is 0. The molecule has 0 saturated carbocycles. The van der Waals surface area contributed by atoms with Crippen molar-refractivity contribution in [2.24, 2.45) is 0 Å². The molecule has 5 heteroatoms. The molecule has 0 heterocycles. The van der Waals surface area contributed by atoms with Gasteiger partial charge in [-0.15, -0.1) is 0 Å². The van der Waals surface area contributed by atoms with E-state index in [0.717, 1.165) is 0 Å². The number of hydrogen-bond acceptors (Lipinski definition) is 0. The van der Waals surface area contributed by atoms with Crippen molar-refractivity contribution >= 4 is 40.4 Å². The van der Waals surface area contributed by atoms with Crippen LogP contribution in [-0.4, -0.2) is 40.4 Å². The number of hydrogen-bond donors (Lipinski definition) is 0. The molecule has 0 fully saturated rings. The average molecular weight is 234 g/mol. The van der Waals surface area contributed by atoms with E-state index in [4.69, 9.17) is 0 Å². The summed E-state index contributed by atoms with van der Waals surface area (Å²) in [5.41, 5.74) is 0. The molecular weight excluding hydrogens is 229 g/mol. The van der Waals surface area contributed by atoms with E-state index in [2.05, 4.69) is 0 Å². The van der Waals surface area contributed by atoms with Crippen LogP contribution in [0.2, 0.25) is 0 Å². The second-order valence-electron chi connectivity index (χ2n) is 0.